The molecule has 1 aliphatic rings. The van der Waals surface area contributed by atoms with E-state index in [9.17, 15) is 13.9 Å². The monoisotopic (exact) mass is 284 g/mol. The molecule has 1 aliphatic heterocycles. The number of nitrogens with zero attached hydrogens (tertiary/aromatic N) is 2. The highest BCUT2D eigenvalue weighted by atomic mass is 19.2. The summed E-state index contributed by atoms with van der Waals surface area (Å²) in [4.78, 5) is 4.27. The van der Waals surface area contributed by atoms with Gasteiger partial charge < -0.3 is 10.0 Å². The fourth-order valence-electron chi connectivity index (χ4n) is 2.86. The van der Waals surface area contributed by atoms with Crippen molar-refractivity contribution in [3.63, 3.8) is 0 Å². The van der Waals surface area contributed by atoms with Crippen LogP contribution >= 0.6 is 0 Å². The number of aliphatic hydroxyl groups excluding tert-OH is 1. The molecule has 1 saturated heterocycles. The summed E-state index contributed by atoms with van der Waals surface area (Å²) in [6, 6.07) is 4.31. The second-order valence-corrected chi connectivity index (χ2v) is 5.71. The number of benzene rings is 1. The minimum atomic E-state index is -0.992. The molecule has 2 atom stereocenters. The normalized spacial score (nSPS) is 21.6. The smallest absolute Gasteiger partial charge is 0.164 e. The number of likely N-dealkylation sites (N-methyl/N-ethyl adjacent to an activating group) is 1. The Morgan fingerprint density at radius 1 is 1.40 bits per heavy atom. The molecule has 5 heteroatoms. The number of rotatable bonds is 5. The largest absolute Gasteiger partial charge is 0.387 e. The number of aliphatic hydroxyl groups is 1. The van der Waals surface area contributed by atoms with Gasteiger partial charge in [0.25, 0.3) is 0 Å². The Balaban J connectivity index is 2.03. The first-order chi connectivity index (χ1) is 9.49. The molecular weight excluding hydrogens is 262 g/mol. The molecule has 2 unspecified atom stereocenters. The highest BCUT2D eigenvalue weighted by Crippen LogP contribution is 2.24. The van der Waals surface area contributed by atoms with Crippen LogP contribution in [0.15, 0.2) is 18.2 Å². The van der Waals surface area contributed by atoms with Crippen LogP contribution in [0.5, 0.6) is 0 Å². The van der Waals surface area contributed by atoms with E-state index in [0.29, 0.717) is 12.6 Å². The quantitative estimate of drug-likeness (QED) is 0.896. The first-order valence-electron chi connectivity index (χ1n) is 6.99. The topological polar surface area (TPSA) is 26.7 Å². The van der Waals surface area contributed by atoms with Crippen molar-refractivity contribution in [3.05, 3.63) is 35.4 Å². The van der Waals surface area contributed by atoms with Crippen LogP contribution in [-0.2, 0) is 0 Å². The van der Waals surface area contributed by atoms with Crippen LogP contribution in [0, 0.1) is 11.6 Å². The zero-order chi connectivity index (χ0) is 14.7. The standard InChI is InChI=1S/C15H22F2N2O/c1-18(2)9-11-5-4-8-19(11)10-14(20)12-6-3-7-13(16)15(12)17/h3,6-7,11,14,20H,4-5,8-10H2,1-2H3. The van der Waals surface area contributed by atoms with Crippen LogP contribution in [0.2, 0.25) is 0 Å². The summed E-state index contributed by atoms with van der Waals surface area (Å²) in [6.07, 6.45) is 1.17. The number of halogens is 2. The van der Waals surface area contributed by atoms with Gasteiger partial charge in [0.2, 0.25) is 0 Å². The van der Waals surface area contributed by atoms with Gasteiger partial charge in [-0.3, -0.25) is 4.90 Å². The third kappa shape index (κ3) is 3.53. The Morgan fingerprint density at radius 2 is 2.15 bits per heavy atom. The molecule has 0 spiro atoms. The highest BCUT2D eigenvalue weighted by molar-refractivity contribution is 5.21. The third-order valence-corrected chi connectivity index (χ3v) is 3.82. The number of hydrogen-bond donors (Lipinski definition) is 1. The van der Waals surface area contributed by atoms with Crippen LogP contribution in [0.25, 0.3) is 0 Å². The molecule has 20 heavy (non-hydrogen) atoms. The van der Waals surface area contributed by atoms with E-state index in [4.69, 9.17) is 0 Å². The fraction of sp³-hybridized carbons (Fsp3) is 0.600. The molecule has 1 fully saturated rings. The number of β-amino-alcohol motifs (C(OH)–C–C–N with tert-alkyl or cyclic N) is 1. The molecule has 1 aromatic rings. The van der Waals surface area contributed by atoms with E-state index in [1.54, 1.807) is 0 Å². The van der Waals surface area contributed by atoms with Gasteiger partial charge in [0.1, 0.15) is 0 Å². The van der Waals surface area contributed by atoms with Crippen LogP contribution in [0.4, 0.5) is 8.78 Å². The van der Waals surface area contributed by atoms with Gasteiger partial charge in [0, 0.05) is 24.7 Å². The van der Waals surface area contributed by atoms with Crippen molar-refractivity contribution in [2.75, 3.05) is 33.7 Å². The third-order valence-electron chi connectivity index (χ3n) is 3.82. The minimum Gasteiger partial charge on any atom is -0.387 e. The summed E-state index contributed by atoms with van der Waals surface area (Å²) in [7, 11) is 4.03. The van der Waals surface area contributed by atoms with E-state index in [1.807, 2.05) is 14.1 Å². The summed E-state index contributed by atoms with van der Waals surface area (Å²) in [6.45, 7) is 2.16. The van der Waals surface area contributed by atoms with Gasteiger partial charge in [-0.2, -0.15) is 0 Å². The first kappa shape index (κ1) is 15.4. The van der Waals surface area contributed by atoms with Crippen LogP contribution in [-0.4, -0.2) is 54.7 Å². The summed E-state index contributed by atoms with van der Waals surface area (Å²) in [5.74, 6) is -1.85. The molecule has 1 heterocycles. The fourth-order valence-corrected chi connectivity index (χ4v) is 2.86. The predicted molar refractivity (Wildman–Crippen MR) is 74.5 cm³/mol. The summed E-state index contributed by atoms with van der Waals surface area (Å²) < 4.78 is 26.9. The second-order valence-electron chi connectivity index (χ2n) is 5.71. The zero-order valence-corrected chi connectivity index (χ0v) is 12.0. The SMILES string of the molecule is CN(C)CC1CCCN1CC(O)c1cccc(F)c1F. The molecule has 3 nitrogen and oxygen atoms in total. The van der Waals surface area contributed by atoms with E-state index >= 15 is 0 Å². The van der Waals surface area contributed by atoms with Crippen molar-refractivity contribution < 1.29 is 13.9 Å². The number of likely N-dealkylation sites (tertiary alicyclic amines) is 1. The first-order valence-corrected chi connectivity index (χ1v) is 6.99. The van der Waals surface area contributed by atoms with Gasteiger partial charge >= 0.3 is 0 Å². The maximum Gasteiger partial charge on any atom is 0.164 e. The average molecular weight is 284 g/mol. The predicted octanol–water partition coefficient (Wildman–Crippen LogP) is 2.02. The molecular formula is C15H22F2N2O. The Kier molecular flexibility index (Phi) is 5.07. The lowest BCUT2D eigenvalue weighted by atomic mass is 10.1. The summed E-state index contributed by atoms with van der Waals surface area (Å²) >= 11 is 0. The van der Waals surface area contributed by atoms with Crippen molar-refractivity contribution in [1.29, 1.82) is 0 Å². The van der Waals surface area contributed by atoms with Crippen molar-refractivity contribution >= 4 is 0 Å². The second kappa shape index (κ2) is 6.61. The number of hydrogen-bond acceptors (Lipinski definition) is 3. The van der Waals surface area contributed by atoms with Crippen LogP contribution < -0.4 is 0 Å². The van der Waals surface area contributed by atoms with E-state index in [2.05, 4.69) is 9.80 Å². The Labute approximate surface area is 118 Å². The maximum atomic E-state index is 13.7. The molecule has 1 N–H and O–H groups in total. The zero-order valence-electron chi connectivity index (χ0n) is 12.0. The van der Waals surface area contributed by atoms with Gasteiger partial charge in [-0.05, 0) is 39.5 Å². The molecule has 0 bridgehead atoms. The van der Waals surface area contributed by atoms with E-state index in [0.717, 1.165) is 32.0 Å². The van der Waals surface area contributed by atoms with Crippen molar-refractivity contribution in [3.8, 4) is 0 Å². The Bertz CT molecular complexity index is 453. The van der Waals surface area contributed by atoms with Gasteiger partial charge in [-0.15, -0.1) is 0 Å². The van der Waals surface area contributed by atoms with Gasteiger partial charge in [-0.1, -0.05) is 12.1 Å². The lowest BCUT2D eigenvalue weighted by Crippen LogP contribution is -2.39. The maximum absolute atomic E-state index is 13.7. The van der Waals surface area contributed by atoms with Crippen LogP contribution in [0.3, 0.4) is 0 Å². The molecule has 2 rings (SSSR count). The molecule has 112 valence electrons. The van der Waals surface area contributed by atoms with Crippen molar-refractivity contribution in [1.82, 2.24) is 9.80 Å². The van der Waals surface area contributed by atoms with Gasteiger partial charge in [0.05, 0.1) is 6.10 Å². The van der Waals surface area contributed by atoms with Crippen molar-refractivity contribution in [2.24, 2.45) is 0 Å². The minimum absolute atomic E-state index is 0.0421. The van der Waals surface area contributed by atoms with E-state index in [1.165, 1.54) is 12.1 Å². The van der Waals surface area contributed by atoms with Gasteiger partial charge in [-0.25, -0.2) is 8.78 Å². The van der Waals surface area contributed by atoms with E-state index < -0.39 is 17.7 Å². The molecule has 0 aromatic heterocycles. The summed E-state index contributed by atoms with van der Waals surface area (Å²) in [5, 5.41) is 10.2. The molecule has 1 aromatic carbocycles. The van der Waals surface area contributed by atoms with Crippen molar-refractivity contribution in [2.45, 2.75) is 25.0 Å². The highest BCUT2D eigenvalue weighted by Gasteiger charge is 2.28. The van der Waals surface area contributed by atoms with Crippen LogP contribution in [0.1, 0.15) is 24.5 Å². The molecule has 0 radical (unpaired) electrons. The Morgan fingerprint density at radius 3 is 2.85 bits per heavy atom. The lowest BCUT2D eigenvalue weighted by molar-refractivity contribution is 0.0950. The molecule has 0 aliphatic carbocycles. The molecule has 0 amide bonds. The molecule has 0 saturated carbocycles. The summed E-state index contributed by atoms with van der Waals surface area (Å²) in [5.41, 5.74) is 0.0421. The lowest BCUT2D eigenvalue weighted by Gasteiger charge is -2.29. The van der Waals surface area contributed by atoms with E-state index in [-0.39, 0.29) is 5.56 Å². The Hall–Kier alpha value is -1.04. The average Bonchev–Trinajstić information content (AvgIpc) is 2.79. The van der Waals surface area contributed by atoms with Gasteiger partial charge in [0.15, 0.2) is 11.6 Å².